The molecular formula is C27H35NO6. The molecule has 34 heavy (non-hydrogen) atoms. The van der Waals surface area contributed by atoms with Crippen LogP contribution in [0.25, 0.3) is 11.0 Å². The van der Waals surface area contributed by atoms with Crippen LogP contribution >= 0.6 is 0 Å². The van der Waals surface area contributed by atoms with Crippen LogP contribution in [0.5, 0.6) is 0 Å². The van der Waals surface area contributed by atoms with E-state index in [1.807, 2.05) is 26.1 Å². The summed E-state index contributed by atoms with van der Waals surface area (Å²) < 4.78 is 17.9. The minimum atomic E-state index is -0.698. The molecule has 2 aromatic rings. The molecule has 4 rings (SSSR count). The Bertz CT molecular complexity index is 1070. The average molecular weight is 470 g/mol. The van der Waals surface area contributed by atoms with E-state index >= 15 is 0 Å². The number of carbonyl (C=O) groups is 1. The van der Waals surface area contributed by atoms with Gasteiger partial charge in [-0.2, -0.15) is 0 Å². The van der Waals surface area contributed by atoms with Crippen LogP contribution in [0.1, 0.15) is 63.4 Å². The van der Waals surface area contributed by atoms with Crippen LogP contribution in [0.2, 0.25) is 0 Å². The maximum atomic E-state index is 13.5. The molecule has 0 radical (unpaired) electrons. The Kier molecular flexibility index (Phi) is 8.06. The summed E-state index contributed by atoms with van der Waals surface area (Å²) in [7, 11) is 1.83. The first-order chi connectivity index (χ1) is 16.5. The van der Waals surface area contributed by atoms with E-state index in [-0.39, 0.29) is 35.7 Å². The van der Waals surface area contributed by atoms with Crippen molar-refractivity contribution in [2.45, 2.75) is 70.1 Å². The number of aliphatic hydroxyl groups excluding tert-OH is 1. The van der Waals surface area contributed by atoms with Crippen LogP contribution in [-0.4, -0.2) is 48.5 Å². The topological polar surface area (TPSA) is 89.2 Å². The standard InChI is InChI=1S/C27H35NO6/c1-3-32-27-19(13-9-15-29)21(22-17-33-23-14-8-7-12-20(23)25(22)30)16-24(34-27)26(31)28(2)18-10-5-4-6-11-18/h7-8,12,14,16-19,21,27,29H,3-6,9-11,13,15H2,1-2H3/t19-,21-,27+/m1/s1. The van der Waals surface area contributed by atoms with Crippen LogP contribution < -0.4 is 5.43 Å². The zero-order chi connectivity index (χ0) is 24.1. The fourth-order valence-corrected chi connectivity index (χ4v) is 5.25. The second-order valence-corrected chi connectivity index (χ2v) is 9.25. The third-order valence-electron chi connectivity index (χ3n) is 7.13. The molecule has 0 spiro atoms. The minimum absolute atomic E-state index is 0.0221. The van der Waals surface area contributed by atoms with Crippen molar-refractivity contribution >= 4 is 16.9 Å². The van der Waals surface area contributed by atoms with Gasteiger partial charge in [-0.25, -0.2) is 0 Å². The van der Waals surface area contributed by atoms with Gasteiger partial charge >= 0.3 is 0 Å². The molecule has 7 heteroatoms. The third-order valence-corrected chi connectivity index (χ3v) is 7.13. The number of ether oxygens (including phenoxy) is 2. The molecule has 3 atom stereocenters. The van der Waals surface area contributed by atoms with Gasteiger partial charge in [0, 0.05) is 43.7 Å². The lowest BCUT2D eigenvalue weighted by Crippen LogP contribution is -2.43. The highest BCUT2D eigenvalue weighted by Gasteiger charge is 2.40. The van der Waals surface area contributed by atoms with Crippen molar-refractivity contribution in [3.63, 3.8) is 0 Å². The molecule has 1 saturated carbocycles. The summed E-state index contributed by atoms with van der Waals surface area (Å²) in [5.74, 6) is -0.652. The second kappa shape index (κ2) is 11.2. The van der Waals surface area contributed by atoms with Crippen LogP contribution in [0.4, 0.5) is 0 Å². The van der Waals surface area contributed by atoms with E-state index in [0.29, 0.717) is 36.0 Å². The van der Waals surface area contributed by atoms with Crippen LogP contribution in [-0.2, 0) is 14.3 Å². The number of rotatable bonds is 8. The molecule has 2 aliphatic rings. The van der Waals surface area contributed by atoms with E-state index in [9.17, 15) is 14.7 Å². The molecule has 1 aromatic heterocycles. The quantitative estimate of drug-likeness (QED) is 0.619. The molecule has 1 aliphatic heterocycles. The first-order valence-electron chi connectivity index (χ1n) is 12.4. The maximum Gasteiger partial charge on any atom is 0.288 e. The van der Waals surface area contributed by atoms with Crippen molar-refractivity contribution in [1.82, 2.24) is 4.90 Å². The zero-order valence-electron chi connectivity index (χ0n) is 20.1. The summed E-state index contributed by atoms with van der Waals surface area (Å²) in [6, 6.07) is 7.34. The molecule has 184 valence electrons. The van der Waals surface area contributed by atoms with E-state index in [4.69, 9.17) is 13.9 Å². The number of benzene rings is 1. The Hall–Kier alpha value is -2.64. The number of fused-ring (bicyclic) bond motifs is 1. The summed E-state index contributed by atoms with van der Waals surface area (Å²) >= 11 is 0. The van der Waals surface area contributed by atoms with E-state index in [2.05, 4.69) is 0 Å². The van der Waals surface area contributed by atoms with Crippen molar-refractivity contribution in [3.8, 4) is 0 Å². The molecule has 0 unspecified atom stereocenters. The van der Waals surface area contributed by atoms with Gasteiger partial charge in [-0.1, -0.05) is 31.4 Å². The molecule has 2 heterocycles. The summed E-state index contributed by atoms with van der Waals surface area (Å²) in [5, 5.41) is 9.99. The first kappa shape index (κ1) is 24.5. The summed E-state index contributed by atoms with van der Waals surface area (Å²) in [6.45, 7) is 2.30. The van der Waals surface area contributed by atoms with Crippen LogP contribution in [0.15, 0.2) is 51.6 Å². The van der Waals surface area contributed by atoms with Crippen LogP contribution in [0, 0.1) is 5.92 Å². The Morgan fingerprint density at radius 1 is 1.21 bits per heavy atom. The van der Waals surface area contributed by atoms with E-state index in [1.54, 1.807) is 23.1 Å². The highest BCUT2D eigenvalue weighted by atomic mass is 16.7. The highest BCUT2D eigenvalue weighted by Crippen LogP contribution is 2.39. The largest absolute Gasteiger partial charge is 0.464 e. The number of carbonyl (C=O) groups excluding carboxylic acids is 1. The summed E-state index contributed by atoms with van der Waals surface area (Å²) in [5.41, 5.74) is 0.871. The van der Waals surface area contributed by atoms with Crippen molar-refractivity contribution in [3.05, 3.63) is 58.2 Å². The molecule has 1 aliphatic carbocycles. The first-order valence-corrected chi connectivity index (χ1v) is 12.4. The predicted octanol–water partition coefficient (Wildman–Crippen LogP) is 4.33. The molecular weight excluding hydrogens is 434 g/mol. The second-order valence-electron chi connectivity index (χ2n) is 9.25. The molecule has 1 fully saturated rings. The molecule has 1 N–H and O–H groups in total. The number of amides is 1. The molecule has 7 nitrogen and oxygen atoms in total. The molecule has 1 aromatic carbocycles. The Balaban J connectivity index is 1.75. The van der Waals surface area contributed by atoms with E-state index in [0.717, 1.165) is 25.7 Å². The monoisotopic (exact) mass is 469 g/mol. The Morgan fingerprint density at radius 2 is 1.97 bits per heavy atom. The van der Waals surface area contributed by atoms with Crippen LogP contribution in [0.3, 0.4) is 0 Å². The van der Waals surface area contributed by atoms with Gasteiger partial charge in [0.1, 0.15) is 5.58 Å². The lowest BCUT2D eigenvalue weighted by molar-refractivity contribution is -0.171. The average Bonchev–Trinajstić information content (AvgIpc) is 2.88. The molecule has 1 amide bonds. The third kappa shape index (κ3) is 5.05. The maximum absolute atomic E-state index is 13.5. The lowest BCUT2D eigenvalue weighted by Gasteiger charge is -2.38. The number of hydrogen-bond donors (Lipinski definition) is 1. The Morgan fingerprint density at radius 3 is 2.71 bits per heavy atom. The molecule has 0 bridgehead atoms. The van der Waals surface area contributed by atoms with Gasteiger partial charge in [-0.15, -0.1) is 0 Å². The van der Waals surface area contributed by atoms with Gasteiger partial charge in [0.2, 0.25) is 6.29 Å². The predicted molar refractivity (Wildman–Crippen MR) is 129 cm³/mol. The van der Waals surface area contributed by atoms with Gasteiger partial charge in [0.25, 0.3) is 5.91 Å². The van der Waals surface area contributed by atoms with Gasteiger partial charge in [0.15, 0.2) is 11.2 Å². The summed E-state index contributed by atoms with van der Waals surface area (Å²) in [4.78, 5) is 28.7. The van der Waals surface area contributed by atoms with E-state index in [1.165, 1.54) is 12.7 Å². The number of hydrogen-bond acceptors (Lipinski definition) is 6. The van der Waals surface area contributed by atoms with Gasteiger partial charge in [-0.3, -0.25) is 9.59 Å². The minimum Gasteiger partial charge on any atom is -0.464 e. The van der Waals surface area contributed by atoms with E-state index < -0.39 is 12.2 Å². The molecule has 0 saturated heterocycles. The lowest BCUT2D eigenvalue weighted by atomic mass is 9.80. The number of aliphatic hydroxyl groups is 1. The van der Waals surface area contributed by atoms with Crippen molar-refractivity contribution in [2.75, 3.05) is 20.3 Å². The number of allylic oxidation sites excluding steroid dienone is 1. The number of likely N-dealkylation sites (N-methyl/N-ethyl adjacent to an activating group) is 1. The van der Waals surface area contributed by atoms with Gasteiger partial charge in [-0.05, 0) is 50.8 Å². The normalized spacial score (nSPS) is 23.4. The summed E-state index contributed by atoms with van der Waals surface area (Å²) in [6.07, 6.45) is 9.09. The zero-order valence-corrected chi connectivity index (χ0v) is 20.1. The number of nitrogens with zero attached hydrogens (tertiary/aromatic N) is 1. The fraction of sp³-hybridized carbons (Fsp3) is 0.556. The van der Waals surface area contributed by atoms with Gasteiger partial charge in [0.05, 0.1) is 11.6 Å². The smallest absolute Gasteiger partial charge is 0.288 e. The SMILES string of the molecule is CCO[C@H]1OC(C(=O)N(C)C2CCCCC2)=C[C@@H](c2coc3ccccc3c2=O)[C@H]1CCCO. The Labute approximate surface area is 200 Å². The fourth-order valence-electron chi connectivity index (χ4n) is 5.25. The van der Waals surface area contributed by atoms with Crippen molar-refractivity contribution in [2.24, 2.45) is 5.92 Å². The number of para-hydroxylation sites is 1. The van der Waals surface area contributed by atoms with Gasteiger partial charge < -0.3 is 23.9 Å². The van der Waals surface area contributed by atoms with Crippen molar-refractivity contribution < 1.29 is 23.8 Å². The highest BCUT2D eigenvalue weighted by molar-refractivity contribution is 5.92. The van der Waals surface area contributed by atoms with Crippen molar-refractivity contribution in [1.29, 1.82) is 0 Å².